The van der Waals surface area contributed by atoms with Gasteiger partial charge in [0.15, 0.2) is 11.6 Å². The quantitative estimate of drug-likeness (QED) is 0.569. The Bertz CT molecular complexity index is 1110. The second-order valence-corrected chi connectivity index (χ2v) is 7.64. The Labute approximate surface area is 192 Å². The number of pyridine rings is 1. The molecule has 0 unspecified atom stereocenters. The highest BCUT2D eigenvalue weighted by Gasteiger charge is 2.33. The molecule has 0 saturated carbocycles. The number of piperazine rings is 1. The third kappa shape index (κ3) is 5.61. The predicted molar refractivity (Wildman–Crippen MR) is 119 cm³/mol. The van der Waals surface area contributed by atoms with Crippen LogP contribution in [0.1, 0.15) is 5.56 Å². The van der Waals surface area contributed by atoms with Crippen molar-refractivity contribution >= 4 is 40.6 Å². The molecule has 1 saturated heterocycles. The highest BCUT2D eigenvalue weighted by molar-refractivity contribution is 6.31. The number of amides is 2. The van der Waals surface area contributed by atoms with Gasteiger partial charge in [0.2, 0.25) is 0 Å². The third-order valence-electron chi connectivity index (χ3n) is 5.02. The van der Waals surface area contributed by atoms with Crippen molar-refractivity contribution in [3.63, 3.8) is 0 Å². The number of benzene rings is 1. The summed E-state index contributed by atoms with van der Waals surface area (Å²) in [6, 6.07) is 10.1. The molecule has 8 nitrogen and oxygen atoms in total. The van der Waals surface area contributed by atoms with E-state index in [1.807, 2.05) is 23.1 Å². The van der Waals surface area contributed by atoms with E-state index in [9.17, 15) is 18.0 Å². The fourth-order valence-electron chi connectivity index (χ4n) is 3.31. The van der Waals surface area contributed by atoms with E-state index in [4.69, 9.17) is 11.6 Å². The lowest BCUT2D eigenvalue weighted by Crippen LogP contribution is -2.50. The lowest BCUT2D eigenvalue weighted by molar-refractivity contribution is -0.137. The zero-order chi connectivity index (χ0) is 23.4. The number of hydrogen-bond acceptors (Lipinski definition) is 6. The summed E-state index contributed by atoms with van der Waals surface area (Å²) in [5.41, 5.74) is -0.121. The summed E-state index contributed by atoms with van der Waals surface area (Å²) in [5.74, 6) is 1.26. The molecule has 1 aliphatic heterocycles. The zero-order valence-corrected chi connectivity index (χ0v) is 17.9. The smallest absolute Gasteiger partial charge is 0.352 e. The topological polar surface area (TPSA) is 86.3 Å². The number of carbonyl (C=O) groups is 1. The van der Waals surface area contributed by atoms with Gasteiger partial charge in [0, 0.05) is 49.9 Å². The number of aromatic nitrogens is 3. The zero-order valence-electron chi connectivity index (χ0n) is 17.2. The van der Waals surface area contributed by atoms with E-state index < -0.39 is 22.8 Å². The van der Waals surface area contributed by atoms with Gasteiger partial charge in [-0.3, -0.25) is 4.98 Å². The first-order valence-electron chi connectivity index (χ1n) is 9.98. The molecule has 2 amide bonds. The van der Waals surface area contributed by atoms with Crippen LogP contribution in [0.2, 0.25) is 5.02 Å². The van der Waals surface area contributed by atoms with Gasteiger partial charge in [-0.25, -0.2) is 4.79 Å². The molecular weight excluding hydrogens is 459 g/mol. The molecular formula is C21H19ClF3N7O. The normalized spacial score (nSPS) is 14.2. The monoisotopic (exact) mass is 477 g/mol. The molecule has 0 atom stereocenters. The fourth-order valence-corrected chi connectivity index (χ4v) is 3.53. The molecule has 0 aliphatic carbocycles. The number of carbonyl (C=O) groups excluding carboxylic acids is 1. The van der Waals surface area contributed by atoms with E-state index in [1.165, 1.54) is 11.0 Å². The van der Waals surface area contributed by atoms with Gasteiger partial charge in [-0.1, -0.05) is 11.6 Å². The van der Waals surface area contributed by atoms with Crippen molar-refractivity contribution in [1.29, 1.82) is 0 Å². The number of urea groups is 1. The van der Waals surface area contributed by atoms with Crippen LogP contribution < -0.4 is 15.5 Å². The molecule has 2 N–H and O–H groups in total. The van der Waals surface area contributed by atoms with Crippen LogP contribution in [-0.2, 0) is 6.18 Å². The number of halogens is 4. The van der Waals surface area contributed by atoms with Crippen LogP contribution in [0.4, 0.5) is 41.0 Å². The molecule has 1 fully saturated rings. The van der Waals surface area contributed by atoms with Gasteiger partial charge in [0.05, 0.1) is 10.6 Å². The van der Waals surface area contributed by atoms with Crippen LogP contribution in [0.15, 0.2) is 54.9 Å². The van der Waals surface area contributed by atoms with Crippen LogP contribution in [0.5, 0.6) is 0 Å². The van der Waals surface area contributed by atoms with Crippen LogP contribution >= 0.6 is 11.6 Å². The van der Waals surface area contributed by atoms with Gasteiger partial charge in [-0.2, -0.15) is 13.2 Å². The predicted octanol–water partition coefficient (Wildman–Crippen LogP) is 4.64. The van der Waals surface area contributed by atoms with Crippen LogP contribution in [0.3, 0.4) is 0 Å². The van der Waals surface area contributed by atoms with Gasteiger partial charge >= 0.3 is 12.2 Å². The van der Waals surface area contributed by atoms with Gasteiger partial charge < -0.3 is 20.4 Å². The van der Waals surface area contributed by atoms with Crippen molar-refractivity contribution in [2.24, 2.45) is 0 Å². The Balaban J connectivity index is 1.32. The minimum atomic E-state index is -4.60. The van der Waals surface area contributed by atoms with E-state index >= 15 is 0 Å². The standard InChI is InChI=1S/C21H19ClF3N7O/c22-17-2-1-15(13-16(17)21(23,24)25)28-20(33)32-11-9-31(10-12-32)19-4-3-18(29-30-19)27-14-5-7-26-8-6-14/h1-8,13H,9-12H2,(H,28,33)(H,26,27,29). The fraction of sp³-hybridized carbons (Fsp3) is 0.238. The third-order valence-corrected chi connectivity index (χ3v) is 5.35. The van der Waals surface area contributed by atoms with Gasteiger partial charge in [0.25, 0.3) is 0 Å². The SMILES string of the molecule is O=C(Nc1ccc(Cl)c(C(F)(F)F)c1)N1CCN(c2ccc(Nc3ccncc3)nn2)CC1. The Morgan fingerprint density at radius 2 is 1.67 bits per heavy atom. The molecule has 1 aromatic carbocycles. The van der Waals surface area contributed by atoms with Crippen LogP contribution in [0.25, 0.3) is 0 Å². The van der Waals surface area contributed by atoms with Gasteiger partial charge in [-0.05, 0) is 42.5 Å². The minimum Gasteiger partial charge on any atom is -0.352 e. The number of hydrogen-bond donors (Lipinski definition) is 2. The first kappa shape index (κ1) is 22.6. The highest BCUT2D eigenvalue weighted by Crippen LogP contribution is 2.36. The van der Waals surface area contributed by atoms with Crippen molar-refractivity contribution in [3.05, 3.63) is 65.4 Å². The lowest BCUT2D eigenvalue weighted by atomic mass is 10.2. The molecule has 0 spiro atoms. The Hall–Kier alpha value is -3.60. The van der Waals surface area contributed by atoms with Crippen molar-refractivity contribution < 1.29 is 18.0 Å². The maximum absolute atomic E-state index is 13.0. The molecule has 3 aromatic rings. The molecule has 3 heterocycles. The molecule has 1 aliphatic rings. The van der Waals surface area contributed by atoms with Crippen molar-refractivity contribution in [3.8, 4) is 0 Å². The first-order valence-corrected chi connectivity index (χ1v) is 10.4. The maximum atomic E-state index is 13.0. The summed E-state index contributed by atoms with van der Waals surface area (Å²) in [7, 11) is 0. The van der Waals surface area contributed by atoms with Crippen molar-refractivity contribution in [2.45, 2.75) is 6.18 Å². The van der Waals surface area contributed by atoms with Crippen molar-refractivity contribution in [2.75, 3.05) is 41.7 Å². The second kappa shape index (κ2) is 9.49. The molecule has 33 heavy (non-hydrogen) atoms. The summed E-state index contributed by atoms with van der Waals surface area (Å²) in [4.78, 5) is 20.0. The van der Waals surface area contributed by atoms with Crippen LogP contribution in [-0.4, -0.2) is 52.3 Å². The molecule has 12 heteroatoms. The molecule has 172 valence electrons. The van der Waals surface area contributed by atoms with Crippen molar-refractivity contribution in [1.82, 2.24) is 20.1 Å². The minimum absolute atomic E-state index is 0.0299. The Morgan fingerprint density at radius 1 is 0.939 bits per heavy atom. The average molecular weight is 478 g/mol. The summed E-state index contributed by atoms with van der Waals surface area (Å²) in [6.45, 7) is 1.77. The van der Waals surface area contributed by atoms with Crippen LogP contribution in [0, 0.1) is 0 Å². The van der Waals surface area contributed by atoms with E-state index in [1.54, 1.807) is 18.5 Å². The summed E-state index contributed by atoms with van der Waals surface area (Å²) >= 11 is 5.62. The molecule has 2 aromatic heterocycles. The average Bonchev–Trinajstić information content (AvgIpc) is 2.81. The molecule has 4 rings (SSSR count). The number of alkyl halides is 3. The van der Waals surface area contributed by atoms with E-state index in [-0.39, 0.29) is 5.69 Å². The Morgan fingerprint density at radius 3 is 2.30 bits per heavy atom. The molecule has 0 bridgehead atoms. The molecule has 0 radical (unpaired) electrons. The number of nitrogens with one attached hydrogen (secondary N) is 2. The number of rotatable bonds is 4. The van der Waals surface area contributed by atoms with E-state index in [0.29, 0.717) is 37.8 Å². The first-order chi connectivity index (χ1) is 15.8. The lowest BCUT2D eigenvalue weighted by Gasteiger charge is -2.35. The summed E-state index contributed by atoms with van der Waals surface area (Å²) in [6.07, 6.45) is -1.27. The van der Waals surface area contributed by atoms with E-state index in [2.05, 4.69) is 25.8 Å². The van der Waals surface area contributed by atoms with E-state index in [0.717, 1.165) is 17.8 Å². The largest absolute Gasteiger partial charge is 0.417 e. The number of anilines is 4. The van der Waals surface area contributed by atoms with Gasteiger partial charge in [0.1, 0.15) is 0 Å². The Kier molecular flexibility index (Phi) is 6.50. The summed E-state index contributed by atoms with van der Waals surface area (Å²) in [5, 5.41) is 13.6. The second-order valence-electron chi connectivity index (χ2n) is 7.23. The maximum Gasteiger partial charge on any atom is 0.417 e. The summed E-state index contributed by atoms with van der Waals surface area (Å²) < 4.78 is 39.1. The number of nitrogens with zero attached hydrogens (tertiary/aromatic N) is 5. The highest BCUT2D eigenvalue weighted by atomic mass is 35.5. The van der Waals surface area contributed by atoms with Gasteiger partial charge in [-0.15, -0.1) is 10.2 Å².